The minimum absolute atomic E-state index is 0.0320. The maximum Gasteiger partial charge on any atom is 0.235 e. The van der Waals surface area contributed by atoms with E-state index in [-0.39, 0.29) is 11.7 Å². The Hall–Kier alpha value is -2.46. The number of hydrogen-bond acceptors (Lipinski definition) is 2. The van der Waals surface area contributed by atoms with Crippen LogP contribution in [0.2, 0.25) is 0 Å². The molecule has 1 saturated heterocycles. The minimum atomic E-state index is -0.435. The van der Waals surface area contributed by atoms with Gasteiger partial charge in [-0.25, -0.2) is 0 Å². The van der Waals surface area contributed by atoms with Gasteiger partial charge in [0.2, 0.25) is 5.91 Å². The summed E-state index contributed by atoms with van der Waals surface area (Å²) >= 11 is 0. The maximum atomic E-state index is 13.3. The van der Waals surface area contributed by atoms with E-state index in [4.69, 9.17) is 0 Å². The zero-order chi connectivity index (χ0) is 17.4. The van der Waals surface area contributed by atoms with Crippen molar-refractivity contribution < 1.29 is 14.5 Å². The van der Waals surface area contributed by atoms with Crippen molar-refractivity contribution in [3.63, 3.8) is 0 Å². The van der Waals surface area contributed by atoms with Crippen molar-refractivity contribution in [3.8, 4) is 0 Å². The van der Waals surface area contributed by atoms with E-state index in [0.717, 1.165) is 38.2 Å². The van der Waals surface area contributed by atoms with Crippen molar-refractivity contribution in [3.05, 3.63) is 65.2 Å². The summed E-state index contributed by atoms with van der Waals surface area (Å²) in [5.74, 6) is 0.112. The van der Waals surface area contributed by atoms with Gasteiger partial charge in [-0.05, 0) is 36.8 Å². The van der Waals surface area contributed by atoms with E-state index in [0.29, 0.717) is 5.56 Å². The molecule has 2 bridgehead atoms. The molecule has 0 unspecified atom stereocenters. The van der Waals surface area contributed by atoms with Crippen molar-refractivity contribution in [1.82, 2.24) is 0 Å². The topological polar surface area (TPSA) is 50.6 Å². The second-order valence-corrected chi connectivity index (χ2v) is 7.25. The molecule has 3 aliphatic rings. The van der Waals surface area contributed by atoms with E-state index in [2.05, 4.69) is 23.5 Å². The number of rotatable bonds is 3. The number of nitrogens with one attached hydrogen (secondary N) is 2. The van der Waals surface area contributed by atoms with Crippen LogP contribution >= 0.6 is 0 Å². The third-order valence-corrected chi connectivity index (χ3v) is 5.77. The Morgan fingerprint density at radius 3 is 2.36 bits per heavy atom. The van der Waals surface area contributed by atoms with Crippen LogP contribution in [0.15, 0.2) is 48.5 Å². The number of benzene rings is 2. The normalized spacial score (nSPS) is 24.3. The van der Waals surface area contributed by atoms with E-state index >= 15 is 0 Å². The van der Waals surface area contributed by atoms with E-state index in [1.54, 1.807) is 24.0 Å². The van der Waals surface area contributed by atoms with Crippen LogP contribution in [-0.4, -0.2) is 24.8 Å². The predicted molar refractivity (Wildman–Crippen MR) is 96.8 cm³/mol. The van der Waals surface area contributed by atoms with Gasteiger partial charge in [0.1, 0.15) is 6.54 Å². The molecule has 1 fully saturated rings. The average molecular weight is 335 g/mol. The highest BCUT2D eigenvalue weighted by molar-refractivity contribution is 6.00. The van der Waals surface area contributed by atoms with Gasteiger partial charge >= 0.3 is 0 Å². The molecule has 2 aromatic carbocycles. The van der Waals surface area contributed by atoms with Gasteiger partial charge in [0.15, 0.2) is 5.78 Å². The lowest BCUT2D eigenvalue weighted by Gasteiger charge is -2.35. The number of Topliss-reactive ketones (excluding diaryl/α,β-unsaturated/α-hetero) is 1. The Labute approximate surface area is 147 Å². The van der Waals surface area contributed by atoms with Crippen LogP contribution in [0, 0.1) is 0 Å². The molecule has 0 spiro atoms. The van der Waals surface area contributed by atoms with Gasteiger partial charge in [0.05, 0.1) is 18.5 Å². The smallest absolute Gasteiger partial charge is 0.235 e. The number of fused-ring (bicyclic) bond motifs is 2. The maximum absolute atomic E-state index is 13.3. The summed E-state index contributed by atoms with van der Waals surface area (Å²) in [7, 11) is 0. The van der Waals surface area contributed by atoms with Crippen LogP contribution in [0.1, 0.15) is 41.3 Å². The molecule has 128 valence electrons. The molecule has 0 aromatic heterocycles. The summed E-state index contributed by atoms with van der Waals surface area (Å²) in [6, 6.07) is 15.6. The van der Waals surface area contributed by atoms with E-state index < -0.39 is 5.41 Å². The van der Waals surface area contributed by atoms with Crippen molar-refractivity contribution >= 4 is 17.4 Å². The van der Waals surface area contributed by atoms with Gasteiger partial charge in [0, 0.05) is 29.7 Å². The molecule has 2 aromatic rings. The molecule has 0 aliphatic carbocycles. The first-order valence-corrected chi connectivity index (χ1v) is 8.93. The van der Waals surface area contributed by atoms with Crippen molar-refractivity contribution in [2.24, 2.45) is 0 Å². The Balaban J connectivity index is 1.65. The SMILES string of the molecule is CC(=O)c1ccc(NC(=O)C23CC[NH+](CC2)Cc2ccccc23)cc1. The van der Waals surface area contributed by atoms with Crippen molar-refractivity contribution in [2.75, 3.05) is 18.4 Å². The van der Waals surface area contributed by atoms with Crippen LogP contribution in [0.5, 0.6) is 0 Å². The number of anilines is 1. The highest BCUT2D eigenvalue weighted by Crippen LogP contribution is 2.38. The van der Waals surface area contributed by atoms with Gasteiger partial charge in [-0.3, -0.25) is 9.59 Å². The summed E-state index contributed by atoms with van der Waals surface area (Å²) in [5, 5.41) is 3.10. The molecule has 0 atom stereocenters. The average Bonchev–Trinajstić information content (AvgIpc) is 2.89. The van der Waals surface area contributed by atoms with E-state index in [9.17, 15) is 9.59 Å². The van der Waals surface area contributed by atoms with Gasteiger partial charge in [-0.1, -0.05) is 24.3 Å². The fourth-order valence-electron chi connectivity index (χ4n) is 4.28. The second-order valence-electron chi connectivity index (χ2n) is 7.25. The first-order chi connectivity index (χ1) is 12.1. The molecule has 3 aliphatic heterocycles. The zero-order valence-corrected chi connectivity index (χ0v) is 14.5. The zero-order valence-electron chi connectivity index (χ0n) is 14.5. The molecule has 1 amide bonds. The molecular weight excluding hydrogens is 312 g/mol. The lowest BCUT2D eigenvalue weighted by molar-refractivity contribution is -0.918. The number of carbonyl (C=O) groups excluding carboxylic acids is 2. The number of hydrogen-bond donors (Lipinski definition) is 2. The summed E-state index contributed by atoms with van der Waals surface area (Å²) in [6.45, 7) is 4.63. The van der Waals surface area contributed by atoms with E-state index in [1.807, 2.05) is 18.2 Å². The third kappa shape index (κ3) is 2.76. The molecule has 4 nitrogen and oxygen atoms in total. The number of amides is 1. The van der Waals surface area contributed by atoms with Gasteiger partial charge < -0.3 is 10.2 Å². The van der Waals surface area contributed by atoms with Crippen LogP contribution in [0.4, 0.5) is 5.69 Å². The quantitative estimate of drug-likeness (QED) is 0.843. The van der Waals surface area contributed by atoms with Crippen LogP contribution in [-0.2, 0) is 16.8 Å². The Bertz CT molecular complexity index is 818. The van der Waals surface area contributed by atoms with Gasteiger partial charge in [0.25, 0.3) is 0 Å². The number of ketones is 1. The Morgan fingerprint density at radius 2 is 1.68 bits per heavy atom. The molecule has 3 heterocycles. The van der Waals surface area contributed by atoms with Gasteiger partial charge in [-0.2, -0.15) is 0 Å². The summed E-state index contributed by atoms with van der Waals surface area (Å²) < 4.78 is 0. The molecule has 2 N–H and O–H groups in total. The lowest BCUT2D eigenvalue weighted by atomic mass is 9.72. The van der Waals surface area contributed by atoms with Crippen molar-refractivity contribution in [2.45, 2.75) is 31.7 Å². The third-order valence-electron chi connectivity index (χ3n) is 5.77. The fraction of sp³-hybridized carbons (Fsp3) is 0.333. The predicted octanol–water partition coefficient (Wildman–Crippen LogP) is 1.96. The van der Waals surface area contributed by atoms with Crippen molar-refractivity contribution in [1.29, 1.82) is 0 Å². The Morgan fingerprint density at radius 1 is 1.00 bits per heavy atom. The first-order valence-electron chi connectivity index (χ1n) is 8.93. The van der Waals surface area contributed by atoms with Crippen LogP contribution in [0.3, 0.4) is 0 Å². The van der Waals surface area contributed by atoms with Crippen LogP contribution < -0.4 is 10.2 Å². The number of carbonyl (C=O) groups is 2. The fourth-order valence-corrected chi connectivity index (χ4v) is 4.28. The molecular formula is C21H23N2O2+. The summed E-state index contributed by atoms with van der Waals surface area (Å²) in [5.41, 5.74) is 3.47. The first kappa shape index (κ1) is 16.0. The standard InChI is InChI=1S/C21H22N2O2/c1-15(24)16-6-8-18(9-7-16)22-20(25)21-10-12-23(13-11-21)14-17-4-2-3-5-19(17)21/h2-9H,10-14H2,1H3,(H,22,25)/p+1. The molecule has 0 radical (unpaired) electrons. The van der Waals surface area contributed by atoms with E-state index in [1.165, 1.54) is 11.1 Å². The highest BCUT2D eigenvalue weighted by Gasteiger charge is 2.48. The minimum Gasteiger partial charge on any atom is -0.331 e. The highest BCUT2D eigenvalue weighted by atomic mass is 16.2. The molecule has 0 saturated carbocycles. The molecule has 25 heavy (non-hydrogen) atoms. The Kier molecular flexibility index (Phi) is 3.92. The summed E-state index contributed by atoms with van der Waals surface area (Å²) in [6.07, 6.45) is 1.77. The lowest BCUT2D eigenvalue weighted by Crippen LogP contribution is -3.11. The van der Waals surface area contributed by atoms with Crippen LogP contribution in [0.25, 0.3) is 0 Å². The second kappa shape index (κ2) is 6.12. The summed E-state index contributed by atoms with van der Waals surface area (Å²) in [4.78, 5) is 26.3. The molecule has 4 heteroatoms. The largest absolute Gasteiger partial charge is 0.331 e. The van der Waals surface area contributed by atoms with Gasteiger partial charge in [-0.15, -0.1) is 0 Å². The monoisotopic (exact) mass is 335 g/mol. The number of piperidine rings is 1. The molecule has 5 rings (SSSR count). The number of quaternary nitrogens is 1.